The maximum Gasteiger partial charge on any atom is 0.150 e. The SMILES string of the molecule is CC(=O)[C@]1(C#Cc2ccccc2)C[C@H](c2ccccc2)ON(c2ccccc2)[C@@H]1c1ccccc1. The molecule has 3 heteroatoms. The summed E-state index contributed by atoms with van der Waals surface area (Å²) in [6, 6.07) is 39.6. The largest absolute Gasteiger partial charge is 0.298 e. The predicted molar refractivity (Wildman–Crippen MR) is 139 cm³/mol. The first kappa shape index (κ1) is 22.7. The van der Waals surface area contributed by atoms with Crippen molar-refractivity contribution in [1.29, 1.82) is 0 Å². The second-order valence-electron chi connectivity index (χ2n) is 8.83. The molecule has 4 aromatic rings. The Morgan fingerprint density at radius 1 is 0.771 bits per heavy atom. The third-order valence-corrected chi connectivity index (χ3v) is 6.58. The van der Waals surface area contributed by atoms with Crippen molar-refractivity contribution >= 4 is 11.5 Å². The minimum Gasteiger partial charge on any atom is -0.298 e. The fourth-order valence-corrected chi connectivity index (χ4v) is 4.77. The van der Waals surface area contributed by atoms with Crippen LogP contribution >= 0.6 is 0 Å². The molecule has 0 bridgehead atoms. The summed E-state index contributed by atoms with van der Waals surface area (Å²) in [4.78, 5) is 20.4. The highest BCUT2D eigenvalue weighted by Gasteiger charge is 2.53. The van der Waals surface area contributed by atoms with Gasteiger partial charge in [-0.1, -0.05) is 109 Å². The number of rotatable bonds is 4. The first-order chi connectivity index (χ1) is 17.2. The molecule has 4 aromatic carbocycles. The fraction of sp³-hybridized carbons (Fsp3) is 0.156. The summed E-state index contributed by atoms with van der Waals surface area (Å²) in [6.07, 6.45) is 0.125. The minimum atomic E-state index is -0.994. The molecule has 1 fully saturated rings. The molecule has 3 nitrogen and oxygen atoms in total. The molecule has 172 valence electrons. The zero-order chi connectivity index (χ0) is 24.1. The van der Waals surface area contributed by atoms with Crippen LogP contribution in [0.1, 0.15) is 42.2 Å². The number of carbonyl (C=O) groups excluding carboxylic acids is 1. The first-order valence-corrected chi connectivity index (χ1v) is 11.9. The van der Waals surface area contributed by atoms with E-state index in [1.807, 2.05) is 114 Å². The van der Waals surface area contributed by atoms with E-state index in [1.54, 1.807) is 6.92 Å². The number of Topliss-reactive ketones (excluding diaryl/α,β-unsaturated/α-hetero) is 1. The zero-order valence-electron chi connectivity index (χ0n) is 19.7. The number of nitrogens with zero attached hydrogens (tertiary/aromatic N) is 1. The number of hydroxylamine groups is 1. The highest BCUT2D eigenvalue weighted by molar-refractivity contribution is 5.88. The van der Waals surface area contributed by atoms with Crippen LogP contribution in [0.2, 0.25) is 0 Å². The molecule has 0 aromatic heterocycles. The number of ketones is 1. The molecule has 1 saturated heterocycles. The second-order valence-corrected chi connectivity index (χ2v) is 8.83. The number of anilines is 1. The Morgan fingerprint density at radius 2 is 1.29 bits per heavy atom. The van der Waals surface area contributed by atoms with Gasteiger partial charge in [0.1, 0.15) is 17.6 Å². The van der Waals surface area contributed by atoms with E-state index in [0.717, 1.165) is 22.4 Å². The second kappa shape index (κ2) is 10.0. The van der Waals surface area contributed by atoms with Crippen molar-refractivity contribution in [2.75, 3.05) is 5.06 Å². The van der Waals surface area contributed by atoms with Gasteiger partial charge in [0.2, 0.25) is 0 Å². The van der Waals surface area contributed by atoms with Crippen LogP contribution in [0.15, 0.2) is 121 Å². The van der Waals surface area contributed by atoms with Crippen molar-refractivity contribution in [1.82, 2.24) is 0 Å². The maximum absolute atomic E-state index is 13.7. The monoisotopic (exact) mass is 457 g/mol. The van der Waals surface area contributed by atoms with Crippen molar-refractivity contribution < 1.29 is 9.63 Å². The van der Waals surface area contributed by atoms with Crippen LogP contribution in [0.25, 0.3) is 0 Å². The smallest absolute Gasteiger partial charge is 0.150 e. The molecule has 0 spiro atoms. The summed E-state index contributed by atoms with van der Waals surface area (Å²) < 4.78 is 0. The average Bonchev–Trinajstić information content (AvgIpc) is 2.93. The molecular formula is C32H27NO2. The third kappa shape index (κ3) is 4.62. The maximum atomic E-state index is 13.7. The number of benzene rings is 4. The standard InChI is InChI=1S/C32H27NO2/c1-25(34)32(23-22-26-14-6-2-7-15-26)24-30(27-16-8-3-9-17-27)35-33(29-20-12-5-13-21-29)31(32)28-18-10-4-11-19-28/h2-21,30-31H,24H2,1H3/t30-,31-,32+/m1/s1. The molecule has 0 unspecified atom stereocenters. The van der Waals surface area contributed by atoms with Gasteiger partial charge >= 0.3 is 0 Å². The van der Waals surface area contributed by atoms with Gasteiger partial charge in [0, 0.05) is 12.0 Å². The number of hydrogen-bond donors (Lipinski definition) is 0. The Kier molecular flexibility index (Phi) is 6.48. The van der Waals surface area contributed by atoms with Gasteiger partial charge in [-0.2, -0.15) is 0 Å². The van der Waals surface area contributed by atoms with Gasteiger partial charge < -0.3 is 0 Å². The topological polar surface area (TPSA) is 29.5 Å². The van der Waals surface area contributed by atoms with Crippen molar-refractivity contribution in [3.8, 4) is 11.8 Å². The van der Waals surface area contributed by atoms with E-state index in [2.05, 4.69) is 24.0 Å². The van der Waals surface area contributed by atoms with Gasteiger partial charge in [0.25, 0.3) is 0 Å². The Balaban J connectivity index is 1.73. The van der Waals surface area contributed by atoms with Gasteiger partial charge in [-0.15, -0.1) is 0 Å². The van der Waals surface area contributed by atoms with E-state index in [9.17, 15) is 4.79 Å². The molecule has 1 aliphatic rings. The van der Waals surface area contributed by atoms with Crippen LogP contribution in [0.4, 0.5) is 5.69 Å². The molecule has 0 N–H and O–H groups in total. The lowest BCUT2D eigenvalue weighted by molar-refractivity contribution is -0.136. The van der Waals surface area contributed by atoms with Crippen molar-refractivity contribution in [2.24, 2.45) is 5.41 Å². The number of para-hydroxylation sites is 1. The van der Waals surface area contributed by atoms with Crippen molar-refractivity contribution in [2.45, 2.75) is 25.5 Å². The molecule has 35 heavy (non-hydrogen) atoms. The predicted octanol–water partition coefficient (Wildman–Crippen LogP) is 6.94. The van der Waals surface area contributed by atoms with E-state index >= 15 is 0 Å². The van der Waals surface area contributed by atoms with Crippen LogP contribution in [0, 0.1) is 17.3 Å². The summed E-state index contributed by atoms with van der Waals surface area (Å²) in [5, 5.41) is 1.90. The summed E-state index contributed by atoms with van der Waals surface area (Å²) >= 11 is 0. The summed E-state index contributed by atoms with van der Waals surface area (Å²) in [6.45, 7) is 1.66. The lowest BCUT2D eigenvalue weighted by Gasteiger charge is -2.49. The van der Waals surface area contributed by atoms with E-state index in [-0.39, 0.29) is 11.9 Å². The van der Waals surface area contributed by atoms with Crippen LogP contribution in [-0.4, -0.2) is 5.78 Å². The number of hydrogen-bond acceptors (Lipinski definition) is 3. The van der Waals surface area contributed by atoms with Gasteiger partial charge in [0.15, 0.2) is 5.78 Å². The van der Waals surface area contributed by atoms with Gasteiger partial charge in [-0.05, 0) is 42.3 Å². The molecular weight excluding hydrogens is 430 g/mol. The molecule has 3 atom stereocenters. The fourth-order valence-electron chi connectivity index (χ4n) is 4.77. The first-order valence-electron chi connectivity index (χ1n) is 11.9. The van der Waals surface area contributed by atoms with Crippen molar-refractivity contribution in [3.05, 3.63) is 138 Å². The van der Waals surface area contributed by atoms with Crippen molar-refractivity contribution in [3.63, 3.8) is 0 Å². The van der Waals surface area contributed by atoms with Gasteiger partial charge in [-0.3, -0.25) is 9.63 Å². The summed E-state index contributed by atoms with van der Waals surface area (Å²) in [5.74, 6) is 6.83. The molecule has 0 saturated carbocycles. The van der Waals surface area contributed by atoms with E-state index in [4.69, 9.17) is 4.84 Å². The minimum absolute atomic E-state index is 0.0277. The zero-order valence-corrected chi connectivity index (χ0v) is 19.7. The Hall–Kier alpha value is -4.13. The lowest BCUT2D eigenvalue weighted by atomic mass is 9.68. The van der Waals surface area contributed by atoms with Crippen LogP contribution in [-0.2, 0) is 9.63 Å². The Morgan fingerprint density at radius 3 is 1.86 bits per heavy atom. The van der Waals surface area contributed by atoms with Crippen LogP contribution in [0.5, 0.6) is 0 Å². The normalized spacial score (nSPS) is 21.6. The van der Waals surface area contributed by atoms with E-state index in [0.29, 0.717) is 6.42 Å². The average molecular weight is 458 g/mol. The Labute approximate surface area is 207 Å². The van der Waals surface area contributed by atoms with Gasteiger partial charge in [-0.25, -0.2) is 5.06 Å². The summed E-state index contributed by atoms with van der Waals surface area (Å²) in [7, 11) is 0. The van der Waals surface area contributed by atoms with Crippen LogP contribution < -0.4 is 5.06 Å². The highest BCUT2D eigenvalue weighted by atomic mass is 16.7. The molecule has 0 radical (unpaired) electrons. The third-order valence-electron chi connectivity index (χ3n) is 6.58. The summed E-state index contributed by atoms with van der Waals surface area (Å²) in [5.41, 5.74) is 2.78. The Bertz CT molecular complexity index is 1330. The van der Waals surface area contributed by atoms with E-state index < -0.39 is 11.5 Å². The molecule has 1 heterocycles. The highest BCUT2D eigenvalue weighted by Crippen LogP contribution is 2.52. The molecule has 0 aliphatic carbocycles. The lowest BCUT2D eigenvalue weighted by Crippen LogP contribution is -2.51. The quantitative estimate of drug-likeness (QED) is 0.311. The van der Waals surface area contributed by atoms with Crippen LogP contribution in [0.3, 0.4) is 0 Å². The van der Waals surface area contributed by atoms with Gasteiger partial charge in [0.05, 0.1) is 5.69 Å². The molecule has 1 aliphatic heterocycles. The molecule has 0 amide bonds. The molecule has 5 rings (SSSR count). The van der Waals surface area contributed by atoms with E-state index in [1.165, 1.54) is 0 Å². The number of carbonyl (C=O) groups is 1.